The van der Waals surface area contributed by atoms with Crippen LogP contribution in [0.15, 0.2) is 47.5 Å². The summed E-state index contributed by atoms with van der Waals surface area (Å²) in [4.78, 5) is 25.8. The summed E-state index contributed by atoms with van der Waals surface area (Å²) in [6.07, 6.45) is 4.13. The monoisotopic (exact) mass is 395 g/mol. The van der Waals surface area contributed by atoms with Gasteiger partial charge in [0.05, 0.1) is 24.7 Å². The summed E-state index contributed by atoms with van der Waals surface area (Å²) < 4.78 is 7.85. The van der Waals surface area contributed by atoms with Crippen molar-refractivity contribution in [1.29, 1.82) is 0 Å². The lowest BCUT2D eigenvalue weighted by molar-refractivity contribution is 0.0903. The van der Waals surface area contributed by atoms with Crippen LogP contribution in [0.2, 0.25) is 0 Å². The van der Waals surface area contributed by atoms with Gasteiger partial charge in [0, 0.05) is 25.8 Å². The smallest absolute Gasteiger partial charge is 0.284 e. The Hall–Kier alpha value is -3.26. The van der Waals surface area contributed by atoms with Gasteiger partial charge >= 0.3 is 0 Å². The van der Waals surface area contributed by atoms with Crippen molar-refractivity contribution in [2.24, 2.45) is 7.05 Å². The van der Waals surface area contributed by atoms with Gasteiger partial charge in [-0.2, -0.15) is 14.9 Å². The molecule has 0 unspecified atom stereocenters. The Kier molecular flexibility index (Phi) is 6.23. The summed E-state index contributed by atoms with van der Waals surface area (Å²) in [6.45, 7) is 4.24. The second-order valence-corrected chi connectivity index (χ2v) is 6.91. The number of nitrogens with one attached hydrogen (secondary N) is 1. The number of ether oxygens (including phenoxy) is 1. The minimum absolute atomic E-state index is 0.0152. The molecular weight excluding hydrogens is 370 g/mol. The average Bonchev–Trinajstić information content (AvgIpc) is 3.14. The van der Waals surface area contributed by atoms with Crippen molar-refractivity contribution in [3.8, 4) is 16.9 Å². The minimum Gasteiger partial charge on any atom is -0.383 e. The molecule has 1 atom stereocenters. The lowest BCUT2D eigenvalue weighted by Gasteiger charge is -2.14. The predicted octanol–water partition coefficient (Wildman–Crippen LogP) is 1.96. The van der Waals surface area contributed by atoms with Crippen LogP contribution in [-0.2, 0) is 18.2 Å². The van der Waals surface area contributed by atoms with E-state index in [4.69, 9.17) is 4.74 Å². The molecule has 0 aliphatic heterocycles. The molecule has 3 rings (SSSR count). The molecule has 8 nitrogen and oxygen atoms in total. The first-order valence-corrected chi connectivity index (χ1v) is 9.45. The summed E-state index contributed by atoms with van der Waals surface area (Å²) in [5, 5.41) is 11.4. The fourth-order valence-electron chi connectivity index (χ4n) is 3.00. The van der Waals surface area contributed by atoms with E-state index in [2.05, 4.69) is 22.4 Å². The number of amides is 1. The van der Waals surface area contributed by atoms with Gasteiger partial charge < -0.3 is 10.1 Å². The van der Waals surface area contributed by atoms with E-state index in [9.17, 15) is 9.59 Å². The SMILES string of the molecule is CCc1ccc(-c2cc(C(=O)N[C@@H](C)COC)c(=O)n(-c3cnn(C)c3)n2)cc1. The van der Waals surface area contributed by atoms with Crippen LogP contribution in [0.25, 0.3) is 16.9 Å². The molecule has 1 aromatic carbocycles. The van der Waals surface area contributed by atoms with Crippen LogP contribution in [0, 0.1) is 0 Å². The first-order valence-electron chi connectivity index (χ1n) is 9.45. The topological polar surface area (TPSA) is 91.0 Å². The molecule has 0 aliphatic rings. The maximum atomic E-state index is 13.0. The van der Waals surface area contributed by atoms with Gasteiger partial charge in [0.1, 0.15) is 11.3 Å². The number of nitrogens with zero attached hydrogens (tertiary/aromatic N) is 4. The molecule has 0 aliphatic carbocycles. The van der Waals surface area contributed by atoms with Crippen molar-refractivity contribution >= 4 is 5.91 Å². The zero-order valence-electron chi connectivity index (χ0n) is 17.0. The van der Waals surface area contributed by atoms with Gasteiger partial charge in [-0.15, -0.1) is 0 Å². The fourth-order valence-corrected chi connectivity index (χ4v) is 3.00. The summed E-state index contributed by atoms with van der Waals surface area (Å²) >= 11 is 0. The van der Waals surface area contributed by atoms with E-state index in [0.717, 1.165) is 12.0 Å². The highest BCUT2D eigenvalue weighted by Crippen LogP contribution is 2.19. The molecule has 0 spiro atoms. The lowest BCUT2D eigenvalue weighted by atomic mass is 10.1. The number of aromatic nitrogens is 4. The van der Waals surface area contributed by atoms with Gasteiger partial charge in [0.25, 0.3) is 11.5 Å². The third-order valence-electron chi connectivity index (χ3n) is 4.54. The molecule has 0 bridgehead atoms. The summed E-state index contributed by atoms with van der Waals surface area (Å²) in [6, 6.07) is 9.20. The molecule has 0 saturated heterocycles. The first-order chi connectivity index (χ1) is 13.9. The van der Waals surface area contributed by atoms with Crippen molar-refractivity contribution in [3.05, 3.63) is 64.2 Å². The van der Waals surface area contributed by atoms with E-state index in [-0.39, 0.29) is 11.6 Å². The highest BCUT2D eigenvalue weighted by Gasteiger charge is 2.19. The molecule has 8 heteroatoms. The molecule has 1 amide bonds. The number of carbonyl (C=O) groups excluding carboxylic acids is 1. The quantitative estimate of drug-likeness (QED) is 0.660. The third-order valence-corrected chi connectivity index (χ3v) is 4.54. The number of hydrogen-bond donors (Lipinski definition) is 1. The number of methoxy groups -OCH3 is 1. The second kappa shape index (κ2) is 8.83. The zero-order valence-corrected chi connectivity index (χ0v) is 17.0. The number of aryl methyl sites for hydroxylation is 2. The van der Waals surface area contributed by atoms with E-state index >= 15 is 0 Å². The minimum atomic E-state index is -0.506. The Morgan fingerprint density at radius 1 is 1.28 bits per heavy atom. The van der Waals surface area contributed by atoms with Crippen LogP contribution in [-0.4, -0.2) is 45.2 Å². The molecule has 0 radical (unpaired) electrons. The van der Waals surface area contributed by atoms with E-state index in [1.54, 1.807) is 25.0 Å². The molecule has 2 heterocycles. The molecule has 1 N–H and O–H groups in total. The largest absolute Gasteiger partial charge is 0.383 e. The van der Waals surface area contributed by atoms with Crippen LogP contribution in [0.5, 0.6) is 0 Å². The van der Waals surface area contributed by atoms with Gasteiger partial charge in [0.15, 0.2) is 0 Å². The van der Waals surface area contributed by atoms with Gasteiger partial charge in [-0.05, 0) is 25.0 Å². The van der Waals surface area contributed by atoms with Gasteiger partial charge in [-0.25, -0.2) is 0 Å². The Bertz CT molecular complexity index is 1050. The first kappa shape index (κ1) is 20.5. The number of hydrogen-bond acceptors (Lipinski definition) is 5. The number of carbonyl (C=O) groups is 1. The van der Waals surface area contributed by atoms with Crippen molar-refractivity contribution in [2.75, 3.05) is 13.7 Å². The molecule has 0 fully saturated rings. The van der Waals surface area contributed by atoms with Crippen LogP contribution >= 0.6 is 0 Å². The molecule has 152 valence electrons. The molecule has 2 aromatic heterocycles. The van der Waals surface area contributed by atoms with Crippen molar-refractivity contribution < 1.29 is 9.53 Å². The zero-order chi connectivity index (χ0) is 21.0. The number of rotatable bonds is 7. The summed E-state index contributed by atoms with van der Waals surface area (Å²) in [7, 11) is 3.31. The molecular formula is C21H25N5O3. The van der Waals surface area contributed by atoms with E-state index < -0.39 is 11.5 Å². The molecule has 29 heavy (non-hydrogen) atoms. The van der Waals surface area contributed by atoms with Crippen molar-refractivity contribution in [1.82, 2.24) is 24.9 Å². The maximum absolute atomic E-state index is 13.0. The summed E-state index contributed by atoms with van der Waals surface area (Å²) in [5.41, 5.74) is 2.54. The van der Waals surface area contributed by atoms with Gasteiger partial charge in [-0.1, -0.05) is 31.2 Å². The Morgan fingerprint density at radius 3 is 2.59 bits per heavy atom. The van der Waals surface area contributed by atoms with Crippen LogP contribution in [0.4, 0.5) is 0 Å². The van der Waals surface area contributed by atoms with Crippen molar-refractivity contribution in [2.45, 2.75) is 26.3 Å². The molecule has 3 aromatic rings. The average molecular weight is 395 g/mol. The maximum Gasteiger partial charge on any atom is 0.284 e. The highest BCUT2D eigenvalue weighted by molar-refractivity contribution is 5.95. The van der Waals surface area contributed by atoms with Crippen molar-refractivity contribution in [3.63, 3.8) is 0 Å². The second-order valence-electron chi connectivity index (χ2n) is 6.91. The standard InChI is InChI=1S/C21H25N5O3/c1-5-15-6-8-16(9-7-15)19-10-18(20(27)23-14(2)13-29-4)21(28)26(24-19)17-11-22-25(3)12-17/h6-12,14H,5,13H2,1-4H3,(H,23,27)/t14-/m0/s1. The fraction of sp³-hybridized carbons (Fsp3) is 0.333. The van der Waals surface area contributed by atoms with Crippen LogP contribution in [0.1, 0.15) is 29.8 Å². The van der Waals surface area contributed by atoms with Gasteiger partial charge in [0.2, 0.25) is 0 Å². The van der Waals surface area contributed by atoms with E-state index in [0.29, 0.717) is 18.0 Å². The Morgan fingerprint density at radius 2 is 2.00 bits per heavy atom. The van der Waals surface area contributed by atoms with Crippen LogP contribution in [0.3, 0.4) is 0 Å². The summed E-state index contributed by atoms with van der Waals surface area (Å²) in [5.74, 6) is -0.467. The van der Waals surface area contributed by atoms with E-state index in [1.165, 1.54) is 22.5 Å². The predicted molar refractivity (Wildman–Crippen MR) is 110 cm³/mol. The van der Waals surface area contributed by atoms with E-state index in [1.807, 2.05) is 31.2 Å². The molecule has 0 saturated carbocycles. The van der Waals surface area contributed by atoms with Gasteiger partial charge in [-0.3, -0.25) is 14.3 Å². The normalized spacial score (nSPS) is 12.0. The van der Waals surface area contributed by atoms with Crippen LogP contribution < -0.4 is 10.9 Å². The number of benzene rings is 1. The lowest BCUT2D eigenvalue weighted by Crippen LogP contribution is -2.39. The Labute approximate surface area is 169 Å². The highest BCUT2D eigenvalue weighted by atomic mass is 16.5. The Balaban J connectivity index is 2.11. The third kappa shape index (κ3) is 4.60.